The van der Waals surface area contributed by atoms with Gasteiger partial charge in [-0.05, 0) is 18.6 Å². The molecule has 1 aromatic carbocycles. The Morgan fingerprint density at radius 3 is 2.81 bits per heavy atom. The molecule has 6 heteroatoms. The number of nitrogens with zero attached hydrogens (tertiary/aromatic N) is 1. The van der Waals surface area contributed by atoms with E-state index in [0.29, 0.717) is 13.1 Å². The maximum absolute atomic E-state index is 11.7. The Morgan fingerprint density at radius 2 is 2.14 bits per heavy atom. The Labute approximate surface area is 124 Å². The van der Waals surface area contributed by atoms with Gasteiger partial charge in [0.25, 0.3) is 0 Å². The summed E-state index contributed by atoms with van der Waals surface area (Å²) < 4.78 is 0. The van der Waals surface area contributed by atoms with Crippen LogP contribution >= 0.6 is 0 Å². The number of fused-ring (bicyclic) bond motifs is 1. The maximum atomic E-state index is 11.7. The lowest BCUT2D eigenvalue weighted by Crippen LogP contribution is -2.41. The number of aliphatic hydroxyl groups is 1. The quantitative estimate of drug-likeness (QED) is 0.675. The fourth-order valence-corrected chi connectivity index (χ4v) is 1.91. The topological polar surface area (TPSA) is 90.0 Å². The maximum Gasteiger partial charge on any atom is 0.315 e. The van der Waals surface area contributed by atoms with Crippen molar-refractivity contribution in [2.45, 2.75) is 27.3 Å². The van der Waals surface area contributed by atoms with Gasteiger partial charge in [0.05, 0.1) is 17.6 Å². The number of para-hydroxylation sites is 1. The van der Waals surface area contributed by atoms with Crippen LogP contribution in [0.4, 0.5) is 4.79 Å². The second-order valence-electron chi connectivity index (χ2n) is 6.01. The zero-order valence-corrected chi connectivity index (χ0v) is 12.7. The Bertz CT molecular complexity index is 634. The smallest absolute Gasteiger partial charge is 0.315 e. The summed E-state index contributed by atoms with van der Waals surface area (Å²) in [7, 11) is 0. The number of imidazole rings is 1. The molecular weight excluding hydrogens is 268 g/mol. The van der Waals surface area contributed by atoms with E-state index in [1.54, 1.807) is 0 Å². The van der Waals surface area contributed by atoms with Crippen LogP contribution in [0.15, 0.2) is 18.2 Å². The molecule has 0 spiro atoms. The van der Waals surface area contributed by atoms with Gasteiger partial charge in [-0.2, -0.15) is 0 Å². The Balaban J connectivity index is 1.90. The Hall–Kier alpha value is -2.08. The molecule has 2 aromatic rings. The molecular formula is C15H22N4O2. The highest BCUT2D eigenvalue weighted by molar-refractivity contribution is 5.78. The van der Waals surface area contributed by atoms with Crippen LogP contribution in [0.3, 0.4) is 0 Å². The monoisotopic (exact) mass is 290 g/mol. The predicted octanol–water partition coefficient (Wildman–Crippen LogP) is 1.69. The van der Waals surface area contributed by atoms with Gasteiger partial charge >= 0.3 is 6.03 Å². The van der Waals surface area contributed by atoms with E-state index in [0.717, 1.165) is 22.4 Å². The third-order valence-electron chi connectivity index (χ3n) is 3.34. The number of rotatable bonds is 5. The van der Waals surface area contributed by atoms with Gasteiger partial charge in [-0.3, -0.25) is 0 Å². The molecule has 21 heavy (non-hydrogen) atoms. The second-order valence-corrected chi connectivity index (χ2v) is 6.01. The zero-order chi connectivity index (χ0) is 15.5. The number of aromatic nitrogens is 2. The average Bonchev–Trinajstić information content (AvgIpc) is 2.88. The van der Waals surface area contributed by atoms with Crippen LogP contribution in [0.1, 0.15) is 25.2 Å². The van der Waals surface area contributed by atoms with E-state index in [4.69, 9.17) is 5.11 Å². The van der Waals surface area contributed by atoms with Crippen LogP contribution in [-0.2, 0) is 6.54 Å². The molecule has 2 rings (SSSR count). The first kappa shape index (κ1) is 15.3. The average molecular weight is 290 g/mol. The highest BCUT2D eigenvalue weighted by atomic mass is 16.3. The molecule has 0 atom stereocenters. The normalized spacial score (nSPS) is 11.6. The van der Waals surface area contributed by atoms with E-state index in [1.807, 2.05) is 39.0 Å². The minimum absolute atomic E-state index is 0.0239. The molecule has 0 unspecified atom stereocenters. The van der Waals surface area contributed by atoms with E-state index in [2.05, 4.69) is 20.6 Å². The molecule has 1 aromatic heterocycles. The van der Waals surface area contributed by atoms with Gasteiger partial charge in [-0.15, -0.1) is 0 Å². The van der Waals surface area contributed by atoms with Crippen LogP contribution in [0.25, 0.3) is 11.0 Å². The number of hydrogen-bond acceptors (Lipinski definition) is 3. The van der Waals surface area contributed by atoms with Gasteiger partial charge in [0, 0.05) is 18.6 Å². The minimum atomic E-state index is -0.326. The van der Waals surface area contributed by atoms with E-state index in [-0.39, 0.29) is 18.1 Å². The summed E-state index contributed by atoms with van der Waals surface area (Å²) in [5, 5.41) is 14.6. The van der Waals surface area contributed by atoms with Crippen molar-refractivity contribution in [3.05, 3.63) is 29.6 Å². The lowest BCUT2D eigenvalue weighted by atomic mass is 9.95. The molecule has 0 aliphatic heterocycles. The standard InChI is InChI=1S/C15H22N4O2/c1-10-5-4-6-11-13(10)19-12(18-11)7-16-14(21)17-8-15(2,3)9-20/h4-6,20H,7-9H2,1-3H3,(H,18,19)(H2,16,17,21). The van der Waals surface area contributed by atoms with E-state index < -0.39 is 0 Å². The number of nitrogens with one attached hydrogen (secondary N) is 3. The van der Waals surface area contributed by atoms with Crippen LogP contribution in [0.2, 0.25) is 0 Å². The van der Waals surface area contributed by atoms with Gasteiger partial charge in [-0.1, -0.05) is 26.0 Å². The first-order valence-electron chi connectivity index (χ1n) is 6.98. The van der Waals surface area contributed by atoms with Gasteiger partial charge in [-0.25, -0.2) is 9.78 Å². The fourth-order valence-electron chi connectivity index (χ4n) is 1.91. The largest absolute Gasteiger partial charge is 0.396 e. The number of hydrogen-bond donors (Lipinski definition) is 4. The minimum Gasteiger partial charge on any atom is -0.396 e. The molecule has 0 aliphatic carbocycles. The summed E-state index contributed by atoms with van der Waals surface area (Å²) in [5.41, 5.74) is 2.67. The molecule has 114 valence electrons. The van der Waals surface area contributed by atoms with Gasteiger partial charge < -0.3 is 20.7 Å². The number of benzene rings is 1. The Kier molecular flexibility index (Phi) is 4.47. The van der Waals surface area contributed by atoms with Crippen molar-refractivity contribution in [3.8, 4) is 0 Å². The molecule has 0 radical (unpaired) electrons. The van der Waals surface area contributed by atoms with Crippen LogP contribution in [0.5, 0.6) is 0 Å². The molecule has 1 heterocycles. The molecule has 0 fully saturated rings. The summed E-state index contributed by atoms with van der Waals surface area (Å²) in [6.45, 7) is 6.54. The van der Waals surface area contributed by atoms with Gasteiger partial charge in [0.1, 0.15) is 5.82 Å². The van der Waals surface area contributed by atoms with Crippen molar-refractivity contribution in [3.63, 3.8) is 0 Å². The number of carbonyl (C=O) groups is 1. The van der Waals surface area contributed by atoms with Crippen molar-refractivity contribution in [2.24, 2.45) is 5.41 Å². The van der Waals surface area contributed by atoms with E-state index in [9.17, 15) is 4.79 Å². The first-order valence-corrected chi connectivity index (χ1v) is 6.98. The van der Waals surface area contributed by atoms with Crippen molar-refractivity contribution in [1.82, 2.24) is 20.6 Å². The molecule has 0 bridgehead atoms. The Morgan fingerprint density at radius 1 is 1.38 bits per heavy atom. The summed E-state index contributed by atoms with van der Waals surface area (Å²) >= 11 is 0. The number of urea groups is 1. The van der Waals surface area contributed by atoms with Crippen molar-refractivity contribution >= 4 is 17.1 Å². The fraction of sp³-hybridized carbons (Fsp3) is 0.467. The lowest BCUT2D eigenvalue weighted by Gasteiger charge is -2.21. The summed E-state index contributed by atoms with van der Waals surface area (Å²) in [6, 6.07) is 5.66. The second kappa shape index (κ2) is 6.13. The zero-order valence-electron chi connectivity index (χ0n) is 12.7. The molecule has 4 N–H and O–H groups in total. The molecule has 6 nitrogen and oxygen atoms in total. The highest BCUT2D eigenvalue weighted by Crippen LogP contribution is 2.15. The number of amides is 2. The van der Waals surface area contributed by atoms with Gasteiger partial charge in [0.2, 0.25) is 0 Å². The summed E-state index contributed by atoms with van der Waals surface area (Å²) in [5.74, 6) is 0.718. The number of aliphatic hydroxyl groups excluding tert-OH is 1. The SMILES string of the molecule is Cc1cccc2[nH]c(CNC(=O)NCC(C)(C)CO)nc12. The molecule has 0 saturated heterocycles. The predicted molar refractivity (Wildman–Crippen MR) is 81.9 cm³/mol. The van der Waals surface area contributed by atoms with Crippen LogP contribution in [-0.4, -0.2) is 34.3 Å². The number of carbonyl (C=O) groups excluding carboxylic acids is 1. The highest BCUT2D eigenvalue weighted by Gasteiger charge is 2.17. The summed E-state index contributed by atoms with van der Waals surface area (Å²) in [4.78, 5) is 19.4. The van der Waals surface area contributed by atoms with Crippen molar-refractivity contribution < 1.29 is 9.90 Å². The molecule has 0 saturated carbocycles. The molecule has 2 amide bonds. The van der Waals surface area contributed by atoms with Gasteiger partial charge in [0.15, 0.2) is 0 Å². The van der Waals surface area contributed by atoms with Crippen LogP contribution < -0.4 is 10.6 Å². The number of aryl methyl sites for hydroxylation is 1. The van der Waals surface area contributed by atoms with Crippen molar-refractivity contribution in [2.75, 3.05) is 13.2 Å². The van der Waals surface area contributed by atoms with E-state index >= 15 is 0 Å². The van der Waals surface area contributed by atoms with Crippen molar-refractivity contribution in [1.29, 1.82) is 0 Å². The lowest BCUT2D eigenvalue weighted by molar-refractivity contribution is 0.157. The third-order valence-corrected chi connectivity index (χ3v) is 3.34. The van der Waals surface area contributed by atoms with Crippen LogP contribution in [0, 0.1) is 12.3 Å². The number of aromatic amines is 1. The number of H-pyrrole nitrogens is 1. The van der Waals surface area contributed by atoms with E-state index in [1.165, 1.54) is 0 Å². The summed E-state index contributed by atoms with van der Waals surface area (Å²) in [6.07, 6.45) is 0. The molecule has 0 aliphatic rings. The third kappa shape index (κ3) is 3.95. The first-order chi connectivity index (χ1) is 9.91.